The predicted octanol–water partition coefficient (Wildman–Crippen LogP) is 4.23. The van der Waals surface area contributed by atoms with E-state index in [-0.39, 0.29) is 17.5 Å². The van der Waals surface area contributed by atoms with Crippen molar-refractivity contribution in [3.63, 3.8) is 0 Å². The van der Waals surface area contributed by atoms with Crippen molar-refractivity contribution in [1.82, 2.24) is 0 Å². The fourth-order valence-corrected chi connectivity index (χ4v) is 1.83. The van der Waals surface area contributed by atoms with Gasteiger partial charge in [-0.25, -0.2) is 17.6 Å². The zero-order valence-electron chi connectivity index (χ0n) is 10.4. The molecule has 0 radical (unpaired) electrons. The van der Waals surface area contributed by atoms with Crippen LogP contribution in [0.5, 0.6) is 0 Å². The van der Waals surface area contributed by atoms with E-state index in [9.17, 15) is 22.4 Å². The highest BCUT2D eigenvalue weighted by molar-refractivity contribution is 6.17. The van der Waals surface area contributed by atoms with Crippen LogP contribution in [0.25, 0.3) is 0 Å². The second kappa shape index (κ2) is 6.13. The molecule has 110 valence electrons. The summed E-state index contributed by atoms with van der Waals surface area (Å²) in [5.74, 6) is -7.31. The van der Waals surface area contributed by atoms with E-state index in [2.05, 4.69) is 0 Å². The predicted molar refractivity (Wildman–Crippen MR) is 70.2 cm³/mol. The summed E-state index contributed by atoms with van der Waals surface area (Å²) in [5.41, 5.74) is -0.513. The second-order valence-corrected chi connectivity index (χ2v) is 4.40. The zero-order chi connectivity index (χ0) is 15.6. The van der Waals surface area contributed by atoms with Crippen molar-refractivity contribution >= 4 is 23.2 Å². The molecule has 0 fully saturated rings. The minimum absolute atomic E-state index is 0.0524. The normalized spacial score (nSPS) is 10.5. The number of nitrogens with one attached hydrogen (secondary N) is 1. The molecule has 1 N–H and O–H groups in total. The van der Waals surface area contributed by atoms with E-state index in [0.717, 1.165) is 0 Å². The molecule has 0 aliphatic carbocycles. The van der Waals surface area contributed by atoms with Crippen molar-refractivity contribution in [2.45, 2.75) is 5.88 Å². The molecule has 0 unspecified atom stereocenters. The maximum Gasteiger partial charge on any atom is 0.255 e. The lowest BCUT2D eigenvalue weighted by Crippen LogP contribution is -2.16. The Balaban J connectivity index is 2.36. The third kappa shape index (κ3) is 3.16. The molecule has 2 nitrogen and oxygen atoms in total. The lowest BCUT2D eigenvalue weighted by atomic mass is 10.1. The molecular formula is C14H8ClF4NO. The van der Waals surface area contributed by atoms with E-state index in [1.54, 1.807) is 6.07 Å². The first-order valence-corrected chi connectivity index (χ1v) is 6.26. The van der Waals surface area contributed by atoms with Gasteiger partial charge in [0.15, 0.2) is 23.3 Å². The molecule has 0 spiro atoms. The third-order valence-electron chi connectivity index (χ3n) is 2.69. The molecule has 0 bridgehead atoms. The van der Waals surface area contributed by atoms with Crippen LogP contribution in [0.15, 0.2) is 30.3 Å². The zero-order valence-corrected chi connectivity index (χ0v) is 11.1. The Hall–Kier alpha value is -2.08. The van der Waals surface area contributed by atoms with E-state index < -0.39 is 34.9 Å². The number of benzene rings is 2. The average molecular weight is 318 g/mol. The molecular weight excluding hydrogens is 310 g/mol. The number of alkyl halides is 1. The van der Waals surface area contributed by atoms with Crippen molar-refractivity contribution in [1.29, 1.82) is 0 Å². The van der Waals surface area contributed by atoms with Crippen molar-refractivity contribution in [2.24, 2.45) is 0 Å². The molecule has 0 aliphatic heterocycles. The summed E-state index contributed by atoms with van der Waals surface area (Å²) in [4.78, 5) is 11.9. The molecule has 0 aliphatic rings. The van der Waals surface area contributed by atoms with Crippen LogP contribution in [-0.4, -0.2) is 5.91 Å². The lowest BCUT2D eigenvalue weighted by Gasteiger charge is -2.09. The monoisotopic (exact) mass is 317 g/mol. The molecule has 2 aromatic rings. The summed E-state index contributed by atoms with van der Waals surface area (Å²) in [7, 11) is 0. The first-order valence-electron chi connectivity index (χ1n) is 5.73. The van der Waals surface area contributed by atoms with Gasteiger partial charge in [-0.05, 0) is 17.7 Å². The number of hydrogen-bond donors (Lipinski definition) is 1. The largest absolute Gasteiger partial charge is 0.317 e. The Morgan fingerprint density at radius 1 is 1.05 bits per heavy atom. The van der Waals surface area contributed by atoms with Gasteiger partial charge in [0.1, 0.15) is 5.69 Å². The van der Waals surface area contributed by atoms with Crippen molar-refractivity contribution < 1.29 is 22.4 Å². The Morgan fingerprint density at radius 2 is 1.67 bits per heavy atom. The Kier molecular flexibility index (Phi) is 4.47. The first-order chi connectivity index (χ1) is 9.93. The number of halogens is 5. The molecule has 0 aromatic heterocycles. The summed E-state index contributed by atoms with van der Waals surface area (Å²) >= 11 is 5.60. The van der Waals surface area contributed by atoms with Gasteiger partial charge >= 0.3 is 0 Å². The quantitative estimate of drug-likeness (QED) is 0.512. The van der Waals surface area contributed by atoms with E-state index >= 15 is 0 Å². The number of amides is 1. The molecule has 1 amide bonds. The van der Waals surface area contributed by atoms with Crippen LogP contribution in [-0.2, 0) is 5.88 Å². The fourth-order valence-electron chi connectivity index (χ4n) is 1.66. The van der Waals surface area contributed by atoms with Crippen molar-refractivity contribution in [2.75, 3.05) is 5.32 Å². The summed E-state index contributed by atoms with van der Waals surface area (Å²) in [6.07, 6.45) is 0. The highest BCUT2D eigenvalue weighted by Gasteiger charge is 2.21. The summed E-state index contributed by atoms with van der Waals surface area (Å²) < 4.78 is 53.0. The first kappa shape index (κ1) is 15.3. The van der Waals surface area contributed by atoms with Crippen molar-refractivity contribution in [3.05, 3.63) is 64.7 Å². The van der Waals surface area contributed by atoms with Gasteiger partial charge in [-0.2, -0.15) is 0 Å². The second-order valence-electron chi connectivity index (χ2n) is 4.13. The summed E-state index contributed by atoms with van der Waals surface area (Å²) in [5, 5.41) is 1.82. The molecule has 0 atom stereocenters. The van der Waals surface area contributed by atoms with Crippen LogP contribution < -0.4 is 5.32 Å². The minimum atomic E-state index is -1.67. The van der Waals surface area contributed by atoms with Gasteiger partial charge in [0.2, 0.25) is 0 Å². The Labute approximate surface area is 122 Å². The van der Waals surface area contributed by atoms with Crippen LogP contribution in [0.3, 0.4) is 0 Å². The van der Waals surface area contributed by atoms with Crippen LogP contribution in [0.2, 0.25) is 0 Å². The molecule has 0 saturated carbocycles. The average Bonchev–Trinajstić information content (AvgIpc) is 2.49. The van der Waals surface area contributed by atoms with Gasteiger partial charge in [-0.1, -0.05) is 12.1 Å². The van der Waals surface area contributed by atoms with E-state index in [0.29, 0.717) is 5.56 Å². The minimum Gasteiger partial charge on any atom is -0.317 e. The summed E-state index contributed by atoms with van der Waals surface area (Å²) in [6, 6.07) is 6.00. The fraction of sp³-hybridized carbons (Fsp3) is 0.0714. The molecule has 2 aromatic carbocycles. The number of carbonyl (C=O) groups is 1. The van der Waals surface area contributed by atoms with Crippen molar-refractivity contribution in [3.8, 4) is 0 Å². The van der Waals surface area contributed by atoms with Gasteiger partial charge in [0, 0.05) is 17.5 Å². The SMILES string of the molecule is O=C(Nc1c(F)c(F)cc(F)c1F)c1cccc(CCl)c1. The van der Waals surface area contributed by atoms with E-state index in [1.807, 2.05) is 5.32 Å². The third-order valence-corrected chi connectivity index (χ3v) is 3.00. The van der Waals surface area contributed by atoms with Gasteiger partial charge in [-0.3, -0.25) is 4.79 Å². The number of anilines is 1. The molecule has 2 rings (SSSR count). The lowest BCUT2D eigenvalue weighted by molar-refractivity contribution is 0.102. The van der Waals surface area contributed by atoms with E-state index in [1.165, 1.54) is 18.2 Å². The highest BCUT2D eigenvalue weighted by atomic mass is 35.5. The molecule has 0 saturated heterocycles. The summed E-state index contributed by atoms with van der Waals surface area (Å²) in [6.45, 7) is 0. The molecule has 0 heterocycles. The number of hydrogen-bond acceptors (Lipinski definition) is 1. The number of carbonyl (C=O) groups excluding carboxylic acids is 1. The Bertz CT molecular complexity index is 679. The standard InChI is InChI=1S/C14H8ClF4NO/c15-6-7-2-1-3-8(4-7)14(21)20-13-11(18)9(16)5-10(17)12(13)19/h1-5H,6H2,(H,20,21). The molecule has 7 heteroatoms. The van der Waals surface area contributed by atoms with Crippen LogP contribution >= 0.6 is 11.6 Å². The van der Waals surface area contributed by atoms with Gasteiger partial charge < -0.3 is 5.32 Å². The Morgan fingerprint density at radius 3 is 2.24 bits per heavy atom. The topological polar surface area (TPSA) is 29.1 Å². The maximum absolute atomic E-state index is 13.4. The van der Waals surface area contributed by atoms with Gasteiger partial charge in [-0.15, -0.1) is 11.6 Å². The molecule has 21 heavy (non-hydrogen) atoms. The van der Waals surface area contributed by atoms with Crippen LogP contribution in [0.1, 0.15) is 15.9 Å². The maximum atomic E-state index is 13.4. The highest BCUT2D eigenvalue weighted by Crippen LogP contribution is 2.24. The van der Waals surface area contributed by atoms with Gasteiger partial charge in [0.25, 0.3) is 5.91 Å². The van der Waals surface area contributed by atoms with Crippen LogP contribution in [0.4, 0.5) is 23.2 Å². The van der Waals surface area contributed by atoms with E-state index in [4.69, 9.17) is 11.6 Å². The smallest absolute Gasteiger partial charge is 0.255 e. The van der Waals surface area contributed by atoms with Crippen LogP contribution in [0, 0.1) is 23.3 Å². The number of rotatable bonds is 3. The van der Waals surface area contributed by atoms with Gasteiger partial charge in [0.05, 0.1) is 0 Å².